The Bertz CT molecular complexity index is 992. The quantitative estimate of drug-likeness (QED) is 0.468. The Balaban J connectivity index is 1.64. The number of para-hydroxylation sites is 1. The Morgan fingerprint density at radius 3 is 2.71 bits per heavy atom. The van der Waals surface area contributed by atoms with Crippen molar-refractivity contribution in [2.24, 2.45) is 5.10 Å². The molecule has 2 aromatic rings. The van der Waals surface area contributed by atoms with Crippen molar-refractivity contribution in [3.8, 4) is 11.5 Å². The second kappa shape index (κ2) is 9.19. The molecular weight excluding hydrogens is 420 g/mol. The van der Waals surface area contributed by atoms with E-state index in [2.05, 4.69) is 26.5 Å². The highest BCUT2D eigenvalue weighted by molar-refractivity contribution is 9.12. The molecule has 0 radical (unpaired) electrons. The lowest BCUT2D eigenvalue weighted by atomic mass is 10.2. The van der Waals surface area contributed by atoms with Gasteiger partial charge >= 0.3 is 0 Å². The largest absolute Gasteiger partial charge is 0.507 e. The van der Waals surface area contributed by atoms with Crippen molar-refractivity contribution < 1.29 is 14.6 Å². The molecule has 2 N–H and O–H groups in total. The molecule has 0 unspecified atom stereocenters. The zero-order chi connectivity index (χ0) is 19.9. The summed E-state index contributed by atoms with van der Waals surface area (Å²) >= 11 is 3.33. The Morgan fingerprint density at radius 1 is 1.18 bits per heavy atom. The van der Waals surface area contributed by atoms with E-state index in [4.69, 9.17) is 4.74 Å². The summed E-state index contributed by atoms with van der Waals surface area (Å²) in [6.07, 6.45) is 5.81. The van der Waals surface area contributed by atoms with Crippen molar-refractivity contribution in [2.45, 2.75) is 13.3 Å². The second-order valence-corrected chi connectivity index (χ2v) is 7.03. The summed E-state index contributed by atoms with van der Waals surface area (Å²) in [7, 11) is 0. The van der Waals surface area contributed by atoms with Crippen LogP contribution in [0, 0.1) is 0 Å². The van der Waals surface area contributed by atoms with Gasteiger partial charge in [-0.2, -0.15) is 5.10 Å². The minimum absolute atomic E-state index is 0.221. The maximum atomic E-state index is 12.4. The summed E-state index contributed by atoms with van der Waals surface area (Å²) in [6.45, 7) is 1.85. The lowest BCUT2D eigenvalue weighted by Crippen LogP contribution is -2.17. The molecule has 0 bridgehead atoms. The zero-order valence-corrected chi connectivity index (χ0v) is 16.8. The van der Waals surface area contributed by atoms with Gasteiger partial charge in [-0.1, -0.05) is 30.3 Å². The summed E-state index contributed by atoms with van der Waals surface area (Å²) in [4.78, 5) is 12.4. The molecule has 2 aromatic carbocycles. The van der Waals surface area contributed by atoms with Gasteiger partial charge in [0.05, 0.1) is 10.7 Å². The number of hydrogen-bond acceptors (Lipinski definition) is 4. The summed E-state index contributed by atoms with van der Waals surface area (Å²) in [6, 6.07) is 16.2. The molecule has 1 aliphatic carbocycles. The number of carbonyl (C=O) groups is 1. The fourth-order valence-electron chi connectivity index (χ4n) is 2.49. The minimum atomic E-state index is -0.343. The van der Waals surface area contributed by atoms with Gasteiger partial charge in [0.25, 0.3) is 5.91 Å². The number of aliphatic hydroxyl groups excluding tert-OH is 1. The van der Waals surface area contributed by atoms with Gasteiger partial charge in [-0.3, -0.25) is 4.79 Å². The monoisotopic (exact) mass is 438 g/mol. The number of ether oxygens (including phenoxy) is 1. The number of halogens is 1. The van der Waals surface area contributed by atoms with Gasteiger partial charge in [0.15, 0.2) is 0 Å². The van der Waals surface area contributed by atoms with Crippen LogP contribution in [0.25, 0.3) is 0 Å². The topological polar surface area (TPSA) is 70.9 Å². The van der Waals surface area contributed by atoms with Gasteiger partial charge in [-0.25, -0.2) is 5.43 Å². The molecule has 0 aromatic heterocycles. The molecule has 1 amide bonds. The average Bonchev–Trinajstić information content (AvgIpc) is 2.82. The van der Waals surface area contributed by atoms with E-state index in [9.17, 15) is 9.90 Å². The van der Waals surface area contributed by atoms with Crippen LogP contribution in [0.3, 0.4) is 0 Å². The number of allylic oxidation sites excluding steroid dienone is 5. The smallest absolute Gasteiger partial charge is 0.271 e. The molecule has 0 aliphatic heterocycles. The highest BCUT2D eigenvalue weighted by atomic mass is 79.9. The summed E-state index contributed by atoms with van der Waals surface area (Å²) in [5.41, 5.74) is 4.57. The summed E-state index contributed by atoms with van der Waals surface area (Å²) < 4.78 is 6.33. The molecule has 5 nitrogen and oxygen atoms in total. The molecule has 0 fully saturated rings. The average molecular weight is 439 g/mol. The lowest BCUT2D eigenvalue weighted by molar-refractivity contribution is 0.0955. The van der Waals surface area contributed by atoms with Gasteiger partial charge in [-0.15, -0.1) is 0 Å². The first-order chi connectivity index (χ1) is 13.5. The number of nitrogens with zero attached hydrogens (tertiary/aromatic N) is 1. The van der Waals surface area contributed by atoms with E-state index in [1.54, 1.807) is 30.3 Å². The molecule has 0 spiro atoms. The predicted octanol–water partition coefficient (Wildman–Crippen LogP) is 5.64. The van der Waals surface area contributed by atoms with Crippen LogP contribution in [0.2, 0.25) is 0 Å². The van der Waals surface area contributed by atoms with Crippen molar-refractivity contribution in [3.63, 3.8) is 0 Å². The van der Waals surface area contributed by atoms with Crippen LogP contribution in [0.4, 0.5) is 0 Å². The van der Waals surface area contributed by atoms with Crippen LogP contribution >= 0.6 is 15.9 Å². The number of rotatable bonds is 5. The number of amides is 1. The standard InChI is InChI=1S/C22H19BrN2O3/c1-15-10-11-16(12-20(23)21(15)26)14-24-25-22(27)17-6-5-9-19(13-17)28-18-7-3-2-4-8-18/h2-9,11-14,26H,10H2,1H3,(H,25,27)/b24-14+. The van der Waals surface area contributed by atoms with E-state index in [-0.39, 0.29) is 11.7 Å². The van der Waals surface area contributed by atoms with E-state index in [0.29, 0.717) is 28.0 Å². The molecule has 142 valence electrons. The van der Waals surface area contributed by atoms with Gasteiger partial charge in [0.1, 0.15) is 17.3 Å². The highest BCUT2D eigenvalue weighted by Crippen LogP contribution is 2.25. The van der Waals surface area contributed by atoms with Crippen molar-refractivity contribution >= 4 is 28.1 Å². The van der Waals surface area contributed by atoms with E-state index < -0.39 is 0 Å². The van der Waals surface area contributed by atoms with Gasteiger partial charge in [0.2, 0.25) is 0 Å². The fraction of sp³-hybridized carbons (Fsp3) is 0.0909. The molecule has 0 saturated carbocycles. The number of nitrogens with one attached hydrogen (secondary N) is 1. The van der Waals surface area contributed by atoms with Gasteiger partial charge < -0.3 is 9.84 Å². The Labute approximate surface area is 171 Å². The normalized spacial score (nSPS) is 14.4. The Kier molecular flexibility index (Phi) is 6.45. The highest BCUT2D eigenvalue weighted by Gasteiger charge is 2.09. The molecule has 1 aliphatic rings. The SMILES string of the molecule is CC1=C(O)C(Br)=CC(/C=N/NC(=O)c2cccc(Oc3ccccc3)c2)=CC1. The Morgan fingerprint density at radius 2 is 1.93 bits per heavy atom. The third kappa shape index (κ3) is 5.20. The minimum Gasteiger partial charge on any atom is -0.507 e. The summed E-state index contributed by atoms with van der Waals surface area (Å²) in [5, 5.41) is 14.0. The van der Waals surface area contributed by atoms with E-state index in [1.807, 2.05) is 43.3 Å². The van der Waals surface area contributed by atoms with Crippen LogP contribution < -0.4 is 10.2 Å². The number of carbonyl (C=O) groups excluding carboxylic acids is 1. The summed E-state index contributed by atoms with van der Waals surface area (Å²) in [5.74, 6) is 1.14. The third-order valence-corrected chi connectivity index (χ3v) is 4.63. The van der Waals surface area contributed by atoms with Crippen molar-refractivity contribution in [2.75, 3.05) is 0 Å². The maximum Gasteiger partial charge on any atom is 0.271 e. The van der Waals surface area contributed by atoms with Crippen LogP contribution in [0.1, 0.15) is 23.7 Å². The predicted molar refractivity (Wildman–Crippen MR) is 114 cm³/mol. The molecule has 0 saturated heterocycles. The zero-order valence-electron chi connectivity index (χ0n) is 15.2. The van der Waals surface area contributed by atoms with Crippen molar-refractivity contribution in [3.05, 3.63) is 93.7 Å². The van der Waals surface area contributed by atoms with Crippen LogP contribution in [-0.4, -0.2) is 17.2 Å². The van der Waals surface area contributed by atoms with Crippen LogP contribution in [0.15, 0.2) is 93.2 Å². The molecule has 6 heteroatoms. The third-order valence-electron chi connectivity index (χ3n) is 4.02. The van der Waals surface area contributed by atoms with Crippen molar-refractivity contribution in [1.82, 2.24) is 5.43 Å². The van der Waals surface area contributed by atoms with Gasteiger partial charge in [-0.05, 0) is 76.8 Å². The number of aliphatic hydroxyl groups is 1. The van der Waals surface area contributed by atoms with E-state index in [0.717, 1.165) is 11.1 Å². The van der Waals surface area contributed by atoms with E-state index >= 15 is 0 Å². The number of hydrazone groups is 1. The lowest BCUT2D eigenvalue weighted by Gasteiger charge is -2.07. The molecule has 28 heavy (non-hydrogen) atoms. The Hall–Kier alpha value is -3.12. The maximum absolute atomic E-state index is 12.4. The first-order valence-electron chi connectivity index (χ1n) is 8.66. The van der Waals surface area contributed by atoms with E-state index in [1.165, 1.54) is 6.21 Å². The number of benzene rings is 2. The van der Waals surface area contributed by atoms with Crippen LogP contribution in [0.5, 0.6) is 11.5 Å². The fourth-order valence-corrected chi connectivity index (χ4v) is 3.09. The van der Waals surface area contributed by atoms with Crippen LogP contribution in [-0.2, 0) is 0 Å². The molecule has 0 atom stereocenters. The first-order valence-corrected chi connectivity index (χ1v) is 9.45. The van der Waals surface area contributed by atoms with Gasteiger partial charge in [0, 0.05) is 5.56 Å². The second-order valence-electron chi connectivity index (χ2n) is 6.17. The number of hydrogen-bond donors (Lipinski definition) is 2. The molecule has 3 rings (SSSR count). The molecule has 0 heterocycles. The first kappa shape index (κ1) is 19.6. The molecular formula is C22H19BrN2O3. The van der Waals surface area contributed by atoms with Crippen molar-refractivity contribution in [1.29, 1.82) is 0 Å².